The van der Waals surface area contributed by atoms with E-state index in [1.165, 1.54) is 66.8 Å². The Hall–Kier alpha value is -1.94. The van der Waals surface area contributed by atoms with Crippen LogP contribution >= 0.6 is 10.8 Å². The van der Waals surface area contributed by atoms with Crippen molar-refractivity contribution in [1.82, 2.24) is 4.57 Å². The van der Waals surface area contributed by atoms with Crippen LogP contribution in [0.2, 0.25) is 0 Å². The van der Waals surface area contributed by atoms with E-state index in [0.29, 0.717) is 6.54 Å². The Kier molecular flexibility index (Phi) is 9.44. The number of hydrogen-bond acceptors (Lipinski definition) is 2. The highest BCUT2D eigenvalue weighted by Gasteiger charge is 2.07. The summed E-state index contributed by atoms with van der Waals surface area (Å²) in [6, 6.07) is 17.1. The van der Waals surface area contributed by atoms with Crippen molar-refractivity contribution in [2.45, 2.75) is 57.9 Å². The summed E-state index contributed by atoms with van der Waals surface area (Å²) in [6.07, 6.45) is 10.0. The molecule has 0 saturated heterocycles. The van der Waals surface area contributed by atoms with Gasteiger partial charge in [0.25, 0.3) is 0 Å². The summed E-state index contributed by atoms with van der Waals surface area (Å²) >= 11 is 4.89. The Bertz CT molecular complexity index is 973. The lowest BCUT2D eigenvalue weighted by atomic mass is 10.1. The lowest BCUT2D eigenvalue weighted by molar-refractivity contribution is 0.595. The smallest absolute Gasteiger partial charge is 0.0853 e. The summed E-state index contributed by atoms with van der Waals surface area (Å²) in [5, 5.41) is 2.57. The molecule has 0 N–H and O–H groups in total. The molecule has 1 aromatic heterocycles. The van der Waals surface area contributed by atoms with Gasteiger partial charge in [-0.1, -0.05) is 80.3 Å². The largest absolute Gasteiger partial charge is 0.719 e. The maximum Gasteiger partial charge on any atom is 0.0853 e. The third-order valence-corrected chi connectivity index (χ3v) is 6.14. The van der Waals surface area contributed by atoms with Crippen LogP contribution in [-0.2, 0) is 18.2 Å². The summed E-state index contributed by atoms with van der Waals surface area (Å²) in [6.45, 7) is 0.673. The Morgan fingerprint density at radius 3 is 1.90 bits per heavy atom. The molecular weight excluding hydrogens is 390 g/mol. The molecule has 0 unspecified atom stereocenters. The minimum atomic E-state index is 0.673. The predicted octanol–water partition coefficient (Wildman–Crippen LogP) is 7.12. The van der Waals surface area contributed by atoms with Crippen molar-refractivity contribution < 1.29 is 0 Å². The van der Waals surface area contributed by atoms with Crippen molar-refractivity contribution >= 4 is 44.3 Å². The van der Waals surface area contributed by atoms with E-state index in [0.717, 1.165) is 12.2 Å². The quantitative estimate of drug-likeness (QED) is 0.149. The highest BCUT2D eigenvalue weighted by atomic mass is 33.1. The molecule has 0 spiro atoms. The first-order valence-electron chi connectivity index (χ1n) is 10.6. The molecule has 3 aromatic rings. The summed E-state index contributed by atoms with van der Waals surface area (Å²) in [7, 11) is 1.54. The fourth-order valence-corrected chi connectivity index (χ4v) is 4.38. The first-order chi connectivity index (χ1) is 14.4. The molecule has 0 aliphatic rings. The zero-order chi connectivity index (χ0) is 20.2. The summed E-state index contributed by atoms with van der Waals surface area (Å²) in [5.41, 5.74) is 2.47. The van der Waals surface area contributed by atoms with E-state index in [1.807, 2.05) is 0 Å². The van der Waals surface area contributed by atoms with Crippen molar-refractivity contribution in [3.8, 4) is 23.7 Å². The molecule has 3 heteroatoms. The van der Waals surface area contributed by atoms with E-state index < -0.39 is 0 Å². The SMILES string of the molecule is [S-]SCCCCCCCCCC#CC#CCn1c2ccccc2c2ccccc21. The van der Waals surface area contributed by atoms with Crippen LogP contribution < -0.4 is 0 Å². The fraction of sp³-hybridized carbons (Fsp3) is 0.385. The minimum Gasteiger partial charge on any atom is -0.719 e. The van der Waals surface area contributed by atoms with Crippen LogP contribution in [0, 0.1) is 23.7 Å². The van der Waals surface area contributed by atoms with E-state index in [4.69, 9.17) is 11.7 Å². The Morgan fingerprint density at radius 1 is 0.690 bits per heavy atom. The molecular formula is C26H28NS2-. The second-order valence-corrected chi connectivity index (χ2v) is 8.62. The normalized spacial score (nSPS) is 10.5. The highest BCUT2D eigenvalue weighted by molar-refractivity contribution is 8.59. The molecule has 0 aliphatic heterocycles. The molecule has 150 valence electrons. The molecule has 0 atom stereocenters. The van der Waals surface area contributed by atoms with Crippen molar-refractivity contribution in [1.29, 1.82) is 0 Å². The molecule has 0 aliphatic carbocycles. The van der Waals surface area contributed by atoms with E-state index in [2.05, 4.69) is 76.8 Å². The number of hydrogen-bond donors (Lipinski definition) is 0. The number of benzene rings is 2. The predicted molar refractivity (Wildman–Crippen MR) is 132 cm³/mol. The van der Waals surface area contributed by atoms with Crippen molar-refractivity contribution in [3.63, 3.8) is 0 Å². The van der Waals surface area contributed by atoms with Gasteiger partial charge in [0.15, 0.2) is 0 Å². The fourth-order valence-electron chi connectivity index (χ4n) is 3.70. The van der Waals surface area contributed by atoms with Gasteiger partial charge in [-0.05, 0) is 42.6 Å². The minimum absolute atomic E-state index is 0.673. The molecule has 1 heterocycles. The van der Waals surface area contributed by atoms with Crippen LogP contribution in [0.1, 0.15) is 51.4 Å². The number of unbranched alkanes of at least 4 members (excludes halogenated alkanes) is 7. The Balaban J connectivity index is 1.42. The van der Waals surface area contributed by atoms with Crippen LogP contribution in [-0.4, -0.2) is 10.3 Å². The standard InChI is InChI=1S/C26H29NS2/c28-29-22-16-10-8-6-4-2-1-3-5-7-9-15-21-27-25-19-13-11-17-23(25)24-18-12-14-20-26(24)27/h11-14,17-20,28H,1-4,6,8,10,16,21-22H2/p-1. The molecule has 1 nitrogen and oxygen atoms in total. The maximum atomic E-state index is 4.89. The van der Waals surface area contributed by atoms with Gasteiger partial charge in [-0.2, -0.15) is 0 Å². The van der Waals surface area contributed by atoms with Crippen molar-refractivity contribution in [2.75, 3.05) is 5.75 Å². The number of para-hydroxylation sites is 2. The summed E-state index contributed by atoms with van der Waals surface area (Å²) < 4.78 is 2.28. The van der Waals surface area contributed by atoms with Gasteiger partial charge in [0.2, 0.25) is 0 Å². The van der Waals surface area contributed by atoms with Gasteiger partial charge in [0.1, 0.15) is 0 Å². The first kappa shape index (κ1) is 21.8. The zero-order valence-electron chi connectivity index (χ0n) is 17.0. The monoisotopic (exact) mass is 418 g/mol. The van der Waals surface area contributed by atoms with E-state index in [9.17, 15) is 0 Å². The first-order valence-corrected chi connectivity index (χ1v) is 12.5. The van der Waals surface area contributed by atoms with Crippen molar-refractivity contribution in [2.24, 2.45) is 0 Å². The van der Waals surface area contributed by atoms with Crippen LogP contribution in [0.25, 0.3) is 21.8 Å². The second-order valence-electron chi connectivity index (χ2n) is 7.27. The third-order valence-electron chi connectivity index (χ3n) is 5.19. The maximum absolute atomic E-state index is 4.89. The van der Waals surface area contributed by atoms with Crippen LogP contribution in [0.15, 0.2) is 48.5 Å². The van der Waals surface area contributed by atoms with Gasteiger partial charge in [0, 0.05) is 28.2 Å². The van der Waals surface area contributed by atoms with Crippen LogP contribution in [0.3, 0.4) is 0 Å². The van der Waals surface area contributed by atoms with Crippen LogP contribution in [0.4, 0.5) is 0 Å². The van der Waals surface area contributed by atoms with E-state index in [1.54, 1.807) is 10.8 Å². The lowest BCUT2D eigenvalue weighted by Gasteiger charge is -2.04. The molecule has 29 heavy (non-hydrogen) atoms. The van der Waals surface area contributed by atoms with Crippen molar-refractivity contribution in [3.05, 3.63) is 48.5 Å². The van der Waals surface area contributed by atoms with E-state index >= 15 is 0 Å². The van der Waals surface area contributed by atoms with Gasteiger partial charge < -0.3 is 27.0 Å². The molecule has 2 aromatic carbocycles. The van der Waals surface area contributed by atoms with E-state index in [-0.39, 0.29) is 0 Å². The number of aromatic nitrogens is 1. The number of nitrogens with zero attached hydrogens (tertiary/aromatic N) is 1. The average Bonchev–Trinajstić information content (AvgIpc) is 3.08. The number of fused-ring (bicyclic) bond motifs is 3. The van der Waals surface area contributed by atoms with Gasteiger partial charge in [-0.15, -0.1) is 0 Å². The van der Waals surface area contributed by atoms with Gasteiger partial charge >= 0.3 is 0 Å². The summed E-state index contributed by atoms with van der Waals surface area (Å²) in [5.74, 6) is 13.7. The topological polar surface area (TPSA) is 4.93 Å². The Labute approximate surface area is 184 Å². The Morgan fingerprint density at radius 2 is 1.24 bits per heavy atom. The molecule has 0 radical (unpaired) electrons. The van der Waals surface area contributed by atoms with Gasteiger partial charge in [-0.25, -0.2) is 0 Å². The molecule has 0 bridgehead atoms. The summed E-state index contributed by atoms with van der Waals surface area (Å²) in [4.78, 5) is 0. The van der Waals surface area contributed by atoms with Gasteiger partial charge in [0.05, 0.1) is 6.54 Å². The lowest BCUT2D eigenvalue weighted by Crippen LogP contribution is -1.94. The molecule has 0 fully saturated rings. The second kappa shape index (κ2) is 12.6. The number of rotatable bonds is 10. The average molecular weight is 419 g/mol. The van der Waals surface area contributed by atoms with Crippen LogP contribution in [0.5, 0.6) is 0 Å². The zero-order valence-corrected chi connectivity index (χ0v) is 18.6. The highest BCUT2D eigenvalue weighted by Crippen LogP contribution is 2.28. The third kappa shape index (κ3) is 6.53. The molecule has 0 amide bonds. The molecule has 3 rings (SSSR count). The van der Waals surface area contributed by atoms with Gasteiger partial charge in [-0.3, -0.25) is 0 Å². The molecule has 0 saturated carbocycles.